The highest BCUT2D eigenvalue weighted by Gasteiger charge is 2.22. The Kier molecular flexibility index (Phi) is 4.81. The summed E-state index contributed by atoms with van der Waals surface area (Å²) in [6.45, 7) is 5.03. The van der Waals surface area contributed by atoms with Gasteiger partial charge in [0.05, 0.1) is 10.6 Å². The molecule has 8 nitrogen and oxygen atoms in total. The number of anilines is 1. The summed E-state index contributed by atoms with van der Waals surface area (Å²) in [5, 5.41) is 20.2. The number of amides is 1. The quantitative estimate of drug-likeness (QED) is 0.546. The van der Waals surface area contributed by atoms with Crippen LogP contribution in [0, 0.1) is 30.9 Å². The zero-order valence-electron chi connectivity index (χ0n) is 14.5. The van der Waals surface area contributed by atoms with Crippen LogP contribution in [0.15, 0.2) is 29.6 Å². The maximum absolute atomic E-state index is 12.2. The van der Waals surface area contributed by atoms with Gasteiger partial charge in [-0.05, 0) is 20.8 Å². The van der Waals surface area contributed by atoms with Crippen molar-refractivity contribution in [1.29, 1.82) is 0 Å². The number of hydrogen-bond acceptors (Lipinski definition) is 6. The standard InChI is InChI=1S/C17H17N5O3S/c1-10-4-6-13(7-5-10)14-9-26-17(18-14)19-15(23)8-21-12(3)16(22(24)25)11(2)20-21/h4-7,9H,8H2,1-3H3,(H,18,19,23). The molecule has 0 saturated carbocycles. The Hall–Kier alpha value is -3.07. The van der Waals surface area contributed by atoms with Gasteiger partial charge in [0.15, 0.2) is 5.13 Å². The van der Waals surface area contributed by atoms with Crippen LogP contribution >= 0.6 is 11.3 Å². The monoisotopic (exact) mass is 371 g/mol. The van der Waals surface area contributed by atoms with Crippen molar-refractivity contribution in [3.05, 3.63) is 56.7 Å². The fourth-order valence-electron chi connectivity index (χ4n) is 2.59. The SMILES string of the molecule is Cc1ccc(-c2csc(NC(=O)Cn3nc(C)c([N+](=O)[O-])c3C)n2)cc1. The number of nitro groups is 1. The van der Waals surface area contributed by atoms with Crippen LogP contribution in [0.3, 0.4) is 0 Å². The van der Waals surface area contributed by atoms with E-state index in [4.69, 9.17) is 0 Å². The summed E-state index contributed by atoms with van der Waals surface area (Å²) in [4.78, 5) is 27.2. The van der Waals surface area contributed by atoms with Crippen molar-refractivity contribution in [2.75, 3.05) is 5.32 Å². The number of carbonyl (C=O) groups excluding carboxylic acids is 1. The summed E-state index contributed by atoms with van der Waals surface area (Å²) in [6, 6.07) is 7.96. The van der Waals surface area contributed by atoms with Crippen molar-refractivity contribution >= 4 is 28.1 Å². The number of carbonyl (C=O) groups is 1. The molecule has 0 unspecified atom stereocenters. The van der Waals surface area contributed by atoms with Crippen molar-refractivity contribution < 1.29 is 9.72 Å². The smallest absolute Gasteiger partial charge is 0.300 e. The third-order valence-electron chi connectivity index (χ3n) is 3.92. The predicted octanol–water partition coefficient (Wildman–Crippen LogP) is 3.48. The van der Waals surface area contributed by atoms with Crippen LogP contribution in [-0.2, 0) is 11.3 Å². The van der Waals surface area contributed by atoms with Gasteiger partial charge in [0.25, 0.3) is 0 Å². The van der Waals surface area contributed by atoms with Crippen molar-refractivity contribution in [3.8, 4) is 11.3 Å². The Morgan fingerprint density at radius 1 is 1.27 bits per heavy atom. The fourth-order valence-corrected chi connectivity index (χ4v) is 3.32. The van der Waals surface area contributed by atoms with E-state index in [0.717, 1.165) is 16.8 Å². The molecule has 9 heteroatoms. The van der Waals surface area contributed by atoms with Gasteiger partial charge in [0, 0.05) is 10.9 Å². The van der Waals surface area contributed by atoms with Crippen LogP contribution in [0.1, 0.15) is 17.0 Å². The van der Waals surface area contributed by atoms with Crippen LogP contribution < -0.4 is 5.32 Å². The Balaban J connectivity index is 1.70. The minimum atomic E-state index is -0.485. The van der Waals surface area contributed by atoms with Gasteiger partial charge in [-0.25, -0.2) is 4.98 Å². The van der Waals surface area contributed by atoms with E-state index in [1.807, 2.05) is 36.6 Å². The van der Waals surface area contributed by atoms with E-state index in [0.29, 0.717) is 10.8 Å². The summed E-state index contributed by atoms with van der Waals surface area (Å²) < 4.78 is 1.33. The molecule has 0 saturated heterocycles. The second-order valence-electron chi connectivity index (χ2n) is 5.89. The van der Waals surface area contributed by atoms with E-state index in [1.54, 1.807) is 13.8 Å². The lowest BCUT2D eigenvalue weighted by Gasteiger charge is -2.03. The van der Waals surface area contributed by atoms with Gasteiger partial charge in [-0.1, -0.05) is 29.8 Å². The highest BCUT2D eigenvalue weighted by molar-refractivity contribution is 7.14. The molecule has 0 aliphatic heterocycles. The highest BCUT2D eigenvalue weighted by Crippen LogP contribution is 2.25. The van der Waals surface area contributed by atoms with Crippen molar-refractivity contribution in [3.63, 3.8) is 0 Å². The molecule has 3 aromatic rings. The lowest BCUT2D eigenvalue weighted by Crippen LogP contribution is -2.20. The second-order valence-corrected chi connectivity index (χ2v) is 6.74. The molecule has 0 fully saturated rings. The first-order valence-electron chi connectivity index (χ1n) is 7.86. The second kappa shape index (κ2) is 7.04. The molecule has 2 aromatic heterocycles. The molecule has 0 spiro atoms. The van der Waals surface area contributed by atoms with Crippen LogP contribution in [-0.4, -0.2) is 25.6 Å². The Labute approximate surface area is 153 Å². The van der Waals surface area contributed by atoms with E-state index >= 15 is 0 Å². The fraction of sp³-hybridized carbons (Fsp3) is 0.235. The number of aromatic nitrogens is 3. The third-order valence-corrected chi connectivity index (χ3v) is 4.67. The largest absolute Gasteiger partial charge is 0.312 e. The number of aryl methyl sites for hydroxylation is 2. The minimum Gasteiger partial charge on any atom is -0.300 e. The number of thiazole rings is 1. The molecule has 1 N–H and O–H groups in total. The number of rotatable bonds is 5. The zero-order chi connectivity index (χ0) is 18.8. The van der Waals surface area contributed by atoms with Gasteiger partial charge in [0.1, 0.15) is 17.9 Å². The van der Waals surface area contributed by atoms with Crippen molar-refractivity contribution in [1.82, 2.24) is 14.8 Å². The van der Waals surface area contributed by atoms with Gasteiger partial charge in [0.2, 0.25) is 5.91 Å². The zero-order valence-corrected chi connectivity index (χ0v) is 15.3. The minimum absolute atomic E-state index is 0.0614. The van der Waals surface area contributed by atoms with Crippen LogP contribution in [0.25, 0.3) is 11.3 Å². The molecule has 134 valence electrons. The molecular weight excluding hydrogens is 354 g/mol. The van der Waals surface area contributed by atoms with Gasteiger partial charge >= 0.3 is 5.69 Å². The Morgan fingerprint density at radius 2 is 1.96 bits per heavy atom. The van der Waals surface area contributed by atoms with Gasteiger partial charge < -0.3 is 5.32 Å². The summed E-state index contributed by atoms with van der Waals surface area (Å²) >= 11 is 1.32. The van der Waals surface area contributed by atoms with E-state index < -0.39 is 4.92 Å². The van der Waals surface area contributed by atoms with E-state index in [2.05, 4.69) is 15.4 Å². The molecule has 26 heavy (non-hydrogen) atoms. The van der Waals surface area contributed by atoms with E-state index in [1.165, 1.54) is 16.0 Å². The van der Waals surface area contributed by atoms with E-state index in [9.17, 15) is 14.9 Å². The molecule has 3 rings (SSSR count). The molecule has 1 aromatic carbocycles. The number of nitrogens with one attached hydrogen (secondary N) is 1. The molecule has 1 amide bonds. The Bertz CT molecular complexity index is 975. The number of hydrogen-bond donors (Lipinski definition) is 1. The van der Waals surface area contributed by atoms with E-state index in [-0.39, 0.29) is 23.8 Å². The van der Waals surface area contributed by atoms with Crippen LogP contribution in [0.2, 0.25) is 0 Å². The van der Waals surface area contributed by atoms with Crippen molar-refractivity contribution in [2.45, 2.75) is 27.3 Å². The molecule has 0 aliphatic carbocycles. The molecular formula is C17H17N5O3S. The van der Waals surface area contributed by atoms with Crippen molar-refractivity contribution in [2.24, 2.45) is 0 Å². The van der Waals surface area contributed by atoms with Gasteiger partial charge in [-0.2, -0.15) is 5.10 Å². The average Bonchev–Trinajstić information content (AvgIpc) is 3.13. The third kappa shape index (κ3) is 3.62. The summed E-state index contributed by atoms with van der Waals surface area (Å²) in [5.41, 5.74) is 3.50. The number of nitrogens with zero attached hydrogens (tertiary/aromatic N) is 4. The first-order valence-corrected chi connectivity index (χ1v) is 8.74. The lowest BCUT2D eigenvalue weighted by atomic mass is 10.1. The van der Waals surface area contributed by atoms with Crippen LogP contribution in [0.5, 0.6) is 0 Å². The number of benzene rings is 1. The Morgan fingerprint density at radius 3 is 2.58 bits per heavy atom. The summed E-state index contributed by atoms with van der Waals surface area (Å²) in [6.07, 6.45) is 0. The summed E-state index contributed by atoms with van der Waals surface area (Å²) in [5.74, 6) is -0.338. The average molecular weight is 371 g/mol. The molecule has 2 heterocycles. The molecule has 0 aliphatic rings. The van der Waals surface area contributed by atoms with Gasteiger partial charge in [-0.3, -0.25) is 19.6 Å². The van der Waals surface area contributed by atoms with Gasteiger partial charge in [-0.15, -0.1) is 11.3 Å². The lowest BCUT2D eigenvalue weighted by molar-refractivity contribution is -0.386. The molecule has 0 radical (unpaired) electrons. The molecule has 0 atom stereocenters. The highest BCUT2D eigenvalue weighted by atomic mass is 32.1. The summed E-state index contributed by atoms with van der Waals surface area (Å²) in [7, 11) is 0. The normalized spacial score (nSPS) is 10.7. The maximum Gasteiger partial charge on any atom is 0.312 e. The topological polar surface area (TPSA) is 103 Å². The van der Waals surface area contributed by atoms with Crippen LogP contribution in [0.4, 0.5) is 10.8 Å². The predicted molar refractivity (Wildman–Crippen MR) is 99.3 cm³/mol. The first kappa shape index (κ1) is 17.7. The first-order chi connectivity index (χ1) is 12.3. The maximum atomic E-state index is 12.2. The molecule has 0 bridgehead atoms.